The number of carbonyl (C=O) groups is 1. The van der Waals surface area contributed by atoms with Crippen molar-refractivity contribution in [2.45, 2.75) is 13.5 Å². The first-order valence-corrected chi connectivity index (χ1v) is 8.70. The summed E-state index contributed by atoms with van der Waals surface area (Å²) in [7, 11) is 1.47. The van der Waals surface area contributed by atoms with Crippen LogP contribution in [0.2, 0.25) is 0 Å². The van der Waals surface area contributed by atoms with Gasteiger partial charge in [0.15, 0.2) is 0 Å². The summed E-state index contributed by atoms with van der Waals surface area (Å²) in [5, 5.41) is 0. The van der Waals surface area contributed by atoms with Crippen LogP contribution in [0.5, 0.6) is 5.75 Å². The van der Waals surface area contributed by atoms with Gasteiger partial charge in [0, 0.05) is 18.6 Å². The lowest BCUT2D eigenvalue weighted by Crippen LogP contribution is -2.32. The molecule has 0 aliphatic carbocycles. The molecule has 2 heterocycles. The summed E-state index contributed by atoms with van der Waals surface area (Å²) in [6.45, 7) is 6.48. The van der Waals surface area contributed by atoms with Crippen molar-refractivity contribution in [3.8, 4) is 5.75 Å². The third-order valence-electron chi connectivity index (χ3n) is 4.21. The number of hydrogen-bond donors (Lipinski definition) is 0. The Morgan fingerprint density at radius 2 is 2.18 bits per heavy atom. The number of benzene rings is 1. The molecule has 0 spiro atoms. The van der Waals surface area contributed by atoms with E-state index in [-0.39, 0.29) is 11.9 Å². The molecule has 0 saturated carbocycles. The van der Waals surface area contributed by atoms with Crippen molar-refractivity contribution in [2.75, 3.05) is 20.3 Å². The summed E-state index contributed by atoms with van der Waals surface area (Å²) in [4.78, 5) is 30.9. The van der Waals surface area contributed by atoms with Crippen LogP contribution in [-0.4, -0.2) is 53.8 Å². The number of methoxy groups -OCH3 is 1. The van der Waals surface area contributed by atoms with Gasteiger partial charge in [-0.25, -0.2) is 20.0 Å². The predicted molar refractivity (Wildman–Crippen MR) is 106 cm³/mol. The summed E-state index contributed by atoms with van der Waals surface area (Å²) in [5.41, 5.74) is 2.18. The van der Waals surface area contributed by atoms with Gasteiger partial charge >= 0.3 is 6.02 Å². The first-order chi connectivity index (χ1) is 13.6. The van der Waals surface area contributed by atoms with Crippen LogP contribution in [0.15, 0.2) is 52.8 Å². The molecule has 0 saturated heterocycles. The van der Waals surface area contributed by atoms with E-state index in [1.807, 2.05) is 13.0 Å². The van der Waals surface area contributed by atoms with Gasteiger partial charge in [-0.2, -0.15) is 0 Å². The van der Waals surface area contributed by atoms with E-state index in [1.165, 1.54) is 7.11 Å². The number of ether oxygens (including phenoxy) is 2. The second-order valence-corrected chi connectivity index (χ2v) is 6.04. The minimum atomic E-state index is -0.122. The van der Waals surface area contributed by atoms with Gasteiger partial charge in [-0.1, -0.05) is 6.07 Å². The van der Waals surface area contributed by atoms with Crippen molar-refractivity contribution < 1.29 is 14.3 Å². The molecule has 28 heavy (non-hydrogen) atoms. The molecule has 1 aliphatic heterocycles. The predicted octanol–water partition coefficient (Wildman–Crippen LogP) is 2.58. The highest BCUT2D eigenvalue weighted by molar-refractivity contribution is 5.98. The van der Waals surface area contributed by atoms with E-state index >= 15 is 0 Å². The zero-order valence-electron chi connectivity index (χ0n) is 15.8. The van der Waals surface area contributed by atoms with Gasteiger partial charge in [0.2, 0.25) is 0 Å². The van der Waals surface area contributed by atoms with Gasteiger partial charge in [-0.15, -0.1) is 0 Å². The van der Waals surface area contributed by atoms with Crippen LogP contribution >= 0.6 is 0 Å². The number of rotatable bonds is 4. The Kier molecular flexibility index (Phi) is 6.11. The van der Waals surface area contributed by atoms with Gasteiger partial charge in [-0.3, -0.25) is 4.79 Å². The molecule has 1 aliphatic rings. The molecule has 3 rings (SSSR count). The number of amidine groups is 1. The number of amides is 1. The van der Waals surface area contributed by atoms with Crippen molar-refractivity contribution in [3.05, 3.63) is 59.8 Å². The number of aliphatic imine (C=N–C) groups is 2. The minimum absolute atomic E-state index is 0.122. The van der Waals surface area contributed by atoms with Crippen LogP contribution in [0.3, 0.4) is 0 Å². The molecule has 1 aromatic heterocycles. The van der Waals surface area contributed by atoms with Crippen molar-refractivity contribution in [2.24, 2.45) is 9.98 Å². The van der Waals surface area contributed by atoms with E-state index in [0.29, 0.717) is 36.8 Å². The summed E-state index contributed by atoms with van der Waals surface area (Å²) in [6.07, 6.45) is 4.94. The Balaban J connectivity index is 1.88. The normalized spacial score (nSPS) is 14.8. The monoisotopic (exact) mass is 379 g/mol. The fourth-order valence-electron chi connectivity index (χ4n) is 2.72. The second-order valence-electron chi connectivity index (χ2n) is 6.04. The van der Waals surface area contributed by atoms with E-state index in [9.17, 15) is 4.79 Å². The quantitative estimate of drug-likeness (QED) is 0.602. The third-order valence-corrected chi connectivity index (χ3v) is 4.21. The number of nitrogens with zero attached hydrogens (tertiary/aromatic N) is 5. The van der Waals surface area contributed by atoms with Gasteiger partial charge in [-0.05, 0) is 43.0 Å². The molecule has 0 unspecified atom stereocenters. The van der Waals surface area contributed by atoms with Crippen molar-refractivity contribution in [1.29, 1.82) is 0 Å². The van der Waals surface area contributed by atoms with Gasteiger partial charge in [0.25, 0.3) is 5.91 Å². The summed E-state index contributed by atoms with van der Waals surface area (Å²) < 4.78 is 10.7. The lowest BCUT2D eigenvalue weighted by Gasteiger charge is -2.19. The van der Waals surface area contributed by atoms with Crippen molar-refractivity contribution in [1.82, 2.24) is 14.9 Å². The Morgan fingerprint density at radius 1 is 1.39 bits per heavy atom. The lowest BCUT2D eigenvalue weighted by molar-refractivity contribution is 0.0738. The van der Waals surface area contributed by atoms with E-state index < -0.39 is 0 Å². The summed E-state index contributed by atoms with van der Waals surface area (Å²) >= 11 is 0. The number of fused-ring (bicyclic) bond motifs is 1. The molecule has 1 amide bonds. The van der Waals surface area contributed by atoms with Crippen LogP contribution in [0.4, 0.5) is 0 Å². The fourth-order valence-corrected chi connectivity index (χ4v) is 2.72. The van der Waals surface area contributed by atoms with Crippen molar-refractivity contribution in [3.63, 3.8) is 0 Å². The Labute approximate surface area is 163 Å². The van der Waals surface area contributed by atoms with Gasteiger partial charge in [0.1, 0.15) is 18.2 Å². The average molecular weight is 379 g/mol. The minimum Gasteiger partial charge on any atom is -0.491 e. The van der Waals surface area contributed by atoms with Crippen LogP contribution in [0.25, 0.3) is 5.57 Å². The maximum Gasteiger partial charge on any atom is 0.315 e. The maximum atomic E-state index is 13.1. The van der Waals surface area contributed by atoms with Crippen LogP contribution in [0, 0.1) is 0 Å². The van der Waals surface area contributed by atoms with Crippen LogP contribution in [-0.2, 0) is 11.3 Å². The second kappa shape index (κ2) is 8.90. The number of carbonyl (C=O) groups excluding carboxylic acids is 1. The molecule has 8 nitrogen and oxygen atoms in total. The Bertz CT molecular complexity index is 925. The molecule has 0 bridgehead atoms. The fraction of sp³-hybridized carbons (Fsp3) is 0.250. The zero-order valence-corrected chi connectivity index (χ0v) is 15.8. The first-order valence-electron chi connectivity index (χ1n) is 8.70. The molecular weight excluding hydrogens is 358 g/mol. The summed E-state index contributed by atoms with van der Waals surface area (Å²) in [5.74, 6) is 1.03. The Hall–Kier alpha value is -3.55. The van der Waals surface area contributed by atoms with Gasteiger partial charge in [0.05, 0.1) is 25.8 Å². The molecule has 0 atom stereocenters. The Morgan fingerprint density at radius 3 is 2.89 bits per heavy atom. The third kappa shape index (κ3) is 4.40. The maximum absolute atomic E-state index is 13.1. The van der Waals surface area contributed by atoms with E-state index in [0.717, 1.165) is 11.1 Å². The molecule has 2 aromatic rings. The van der Waals surface area contributed by atoms with E-state index in [2.05, 4.69) is 26.7 Å². The zero-order chi connectivity index (χ0) is 19.9. The first kappa shape index (κ1) is 19.2. The van der Waals surface area contributed by atoms with Crippen LogP contribution in [0.1, 0.15) is 28.7 Å². The van der Waals surface area contributed by atoms with E-state index in [4.69, 9.17) is 9.47 Å². The molecule has 8 heteroatoms. The van der Waals surface area contributed by atoms with Crippen molar-refractivity contribution >= 4 is 24.2 Å². The number of allylic oxidation sites excluding steroid dienone is 1. The highest BCUT2D eigenvalue weighted by Gasteiger charge is 2.24. The SMILES string of the molecule is C=N/C(=N\C=C(/C)c1ccc2c(c1)C(=O)N(Cc1ncccn1)CCO2)OC. The molecule has 0 N–H and O–H groups in total. The summed E-state index contributed by atoms with van der Waals surface area (Å²) in [6, 6.07) is 7.40. The molecule has 0 radical (unpaired) electrons. The highest BCUT2D eigenvalue weighted by Crippen LogP contribution is 2.27. The highest BCUT2D eigenvalue weighted by atomic mass is 16.5. The van der Waals surface area contributed by atoms with E-state index in [1.54, 1.807) is 41.7 Å². The topological polar surface area (TPSA) is 89.3 Å². The number of aromatic nitrogens is 2. The molecule has 144 valence electrons. The smallest absolute Gasteiger partial charge is 0.315 e. The average Bonchev–Trinajstić information content (AvgIpc) is 2.88. The molecular formula is C20H21N5O3. The largest absolute Gasteiger partial charge is 0.491 e. The van der Waals surface area contributed by atoms with Gasteiger partial charge < -0.3 is 14.4 Å². The molecule has 1 aromatic carbocycles. The molecule has 0 fully saturated rings. The van der Waals surface area contributed by atoms with Crippen LogP contribution < -0.4 is 4.74 Å². The standard InChI is InChI=1S/C20H21N5O3/c1-14(12-24-20(21-2)27-3)15-5-6-17-16(11-15)19(26)25(9-10-28-17)13-18-22-7-4-8-23-18/h4-8,11-12H,2,9-10,13H2,1,3H3/b14-12+,24-20+. The number of hydrogen-bond acceptors (Lipinski definition) is 6. The lowest BCUT2D eigenvalue weighted by atomic mass is 10.0.